The number of benzene rings is 2. The van der Waals surface area contributed by atoms with Crippen LogP contribution in [-0.4, -0.2) is 11.9 Å². The topological polar surface area (TPSA) is 52.6 Å². The van der Waals surface area contributed by atoms with Crippen LogP contribution in [0.1, 0.15) is 36.8 Å². The molecular weight excluding hydrogens is 352 g/mol. The molecule has 0 N–H and O–H groups in total. The minimum Gasteiger partial charge on any atom is -0.461 e. The second-order valence-electron chi connectivity index (χ2n) is 7.91. The summed E-state index contributed by atoms with van der Waals surface area (Å²) in [4.78, 5) is 25.8. The maximum absolute atomic E-state index is 12.9. The van der Waals surface area contributed by atoms with Crippen molar-refractivity contribution in [3.05, 3.63) is 71.8 Å². The maximum atomic E-state index is 12.9. The lowest BCUT2D eigenvalue weighted by Crippen LogP contribution is -2.48. The molecular formula is C24H26O4. The van der Waals surface area contributed by atoms with Gasteiger partial charge < -0.3 is 9.47 Å². The first kappa shape index (κ1) is 18.7. The highest BCUT2D eigenvalue weighted by molar-refractivity contribution is 5.83. The first-order valence-electron chi connectivity index (χ1n) is 10.1. The smallest absolute Gasteiger partial charge is 0.310 e. The quantitative estimate of drug-likeness (QED) is 0.693. The predicted molar refractivity (Wildman–Crippen MR) is 105 cm³/mol. The molecule has 2 bridgehead atoms. The molecule has 2 aromatic carbocycles. The Kier molecular flexibility index (Phi) is 5.75. The molecule has 2 unspecified atom stereocenters. The van der Waals surface area contributed by atoms with Crippen LogP contribution >= 0.6 is 0 Å². The lowest BCUT2D eigenvalue weighted by atomic mass is 9.58. The van der Waals surface area contributed by atoms with E-state index in [1.807, 2.05) is 60.7 Å². The van der Waals surface area contributed by atoms with Gasteiger partial charge in [-0.25, -0.2) is 0 Å². The molecule has 2 aromatic rings. The van der Waals surface area contributed by atoms with Crippen LogP contribution in [-0.2, 0) is 32.3 Å². The summed E-state index contributed by atoms with van der Waals surface area (Å²) in [5.41, 5.74) is 1.92. The zero-order chi connectivity index (χ0) is 19.3. The van der Waals surface area contributed by atoms with Gasteiger partial charge in [-0.05, 0) is 48.6 Å². The lowest BCUT2D eigenvalue weighted by molar-refractivity contribution is -0.174. The van der Waals surface area contributed by atoms with E-state index in [4.69, 9.17) is 9.47 Å². The van der Waals surface area contributed by atoms with Gasteiger partial charge in [0.15, 0.2) is 0 Å². The van der Waals surface area contributed by atoms with E-state index in [-0.39, 0.29) is 48.8 Å². The molecule has 3 aliphatic rings. The second kappa shape index (κ2) is 8.59. The van der Waals surface area contributed by atoms with Crippen molar-refractivity contribution in [2.75, 3.05) is 0 Å². The molecule has 0 amide bonds. The molecule has 0 spiro atoms. The second-order valence-corrected chi connectivity index (χ2v) is 7.91. The van der Waals surface area contributed by atoms with Crippen molar-refractivity contribution in [1.29, 1.82) is 0 Å². The predicted octanol–water partition coefficient (Wildman–Crippen LogP) is 4.53. The summed E-state index contributed by atoms with van der Waals surface area (Å²) in [5, 5.41) is 0. The fourth-order valence-electron chi connectivity index (χ4n) is 4.78. The molecule has 3 aliphatic carbocycles. The zero-order valence-electron chi connectivity index (χ0n) is 16.0. The number of hydrogen-bond acceptors (Lipinski definition) is 4. The van der Waals surface area contributed by atoms with Gasteiger partial charge in [-0.3, -0.25) is 9.59 Å². The van der Waals surface area contributed by atoms with E-state index >= 15 is 0 Å². The van der Waals surface area contributed by atoms with Gasteiger partial charge >= 0.3 is 11.9 Å². The number of carbonyl (C=O) groups excluding carboxylic acids is 2. The molecule has 0 aliphatic heterocycles. The summed E-state index contributed by atoms with van der Waals surface area (Å²) in [6.45, 7) is 0.499. The van der Waals surface area contributed by atoms with E-state index in [0.29, 0.717) is 0 Å². The molecule has 146 valence electrons. The number of ether oxygens (including phenoxy) is 2. The van der Waals surface area contributed by atoms with Gasteiger partial charge in [-0.15, -0.1) is 0 Å². The largest absolute Gasteiger partial charge is 0.461 e. The van der Waals surface area contributed by atoms with Gasteiger partial charge in [-0.2, -0.15) is 0 Å². The molecule has 28 heavy (non-hydrogen) atoms. The van der Waals surface area contributed by atoms with Crippen LogP contribution in [0.2, 0.25) is 0 Å². The Morgan fingerprint density at radius 1 is 0.643 bits per heavy atom. The van der Waals surface area contributed by atoms with Gasteiger partial charge in [-0.1, -0.05) is 60.7 Å². The Hall–Kier alpha value is -2.62. The average Bonchev–Trinajstić information content (AvgIpc) is 2.77. The number of rotatable bonds is 6. The van der Waals surface area contributed by atoms with Gasteiger partial charge in [0.1, 0.15) is 13.2 Å². The van der Waals surface area contributed by atoms with Gasteiger partial charge in [0.05, 0.1) is 11.8 Å². The first-order chi connectivity index (χ1) is 13.7. The summed E-state index contributed by atoms with van der Waals surface area (Å²) in [5.74, 6) is -0.802. The van der Waals surface area contributed by atoms with Crippen LogP contribution in [0, 0.1) is 23.7 Å². The van der Waals surface area contributed by atoms with Crippen LogP contribution in [0.25, 0.3) is 0 Å². The highest BCUT2D eigenvalue weighted by atomic mass is 16.5. The Bertz CT molecular complexity index is 724. The number of carbonyl (C=O) groups is 2. The molecule has 0 saturated heterocycles. The van der Waals surface area contributed by atoms with Crippen LogP contribution in [0.4, 0.5) is 0 Å². The van der Waals surface area contributed by atoms with Crippen molar-refractivity contribution < 1.29 is 19.1 Å². The third-order valence-electron chi connectivity index (χ3n) is 6.21. The molecule has 4 heteroatoms. The third-order valence-corrected chi connectivity index (χ3v) is 6.21. The zero-order valence-corrected chi connectivity index (χ0v) is 16.0. The molecule has 0 aromatic heterocycles. The number of hydrogen-bond donors (Lipinski definition) is 0. The van der Waals surface area contributed by atoms with E-state index in [1.54, 1.807) is 0 Å². The van der Waals surface area contributed by atoms with Crippen molar-refractivity contribution in [2.45, 2.75) is 38.9 Å². The minimum absolute atomic E-state index is 0.225. The summed E-state index contributed by atoms with van der Waals surface area (Å²) >= 11 is 0. The van der Waals surface area contributed by atoms with Crippen molar-refractivity contribution in [1.82, 2.24) is 0 Å². The van der Waals surface area contributed by atoms with E-state index < -0.39 is 0 Å². The van der Waals surface area contributed by atoms with Crippen molar-refractivity contribution in [3.8, 4) is 0 Å². The molecule has 3 saturated carbocycles. The molecule has 0 radical (unpaired) electrons. The van der Waals surface area contributed by atoms with E-state index in [0.717, 1.165) is 36.8 Å². The summed E-state index contributed by atoms with van der Waals surface area (Å²) in [7, 11) is 0. The number of fused-ring (bicyclic) bond motifs is 3. The van der Waals surface area contributed by atoms with Gasteiger partial charge in [0.25, 0.3) is 0 Å². The molecule has 2 atom stereocenters. The minimum atomic E-state index is -0.375. The standard InChI is InChI=1S/C24H26O4/c25-23(27-15-17-7-3-1-4-8-17)21-19-11-13-20(14-12-19)22(21)24(26)28-16-18-9-5-2-6-10-18/h1-10,19-22H,11-16H2. The Morgan fingerprint density at radius 3 is 1.36 bits per heavy atom. The van der Waals surface area contributed by atoms with E-state index in [2.05, 4.69) is 0 Å². The fourth-order valence-corrected chi connectivity index (χ4v) is 4.78. The van der Waals surface area contributed by atoms with Gasteiger partial charge in [0, 0.05) is 0 Å². The van der Waals surface area contributed by atoms with Crippen LogP contribution < -0.4 is 0 Å². The number of esters is 2. The SMILES string of the molecule is O=C(OCc1ccccc1)C1C2CCC(CC2)C1C(=O)OCc1ccccc1. The van der Waals surface area contributed by atoms with Crippen LogP contribution in [0.5, 0.6) is 0 Å². The van der Waals surface area contributed by atoms with E-state index in [1.165, 1.54) is 0 Å². The average molecular weight is 378 g/mol. The molecule has 0 heterocycles. The summed E-state index contributed by atoms with van der Waals surface area (Å²) in [6, 6.07) is 19.3. The van der Waals surface area contributed by atoms with Crippen molar-refractivity contribution in [2.24, 2.45) is 23.7 Å². The molecule has 3 fully saturated rings. The third kappa shape index (κ3) is 4.11. The highest BCUT2D eigenvalue weighted by Crippen LogP contribution is 2.49. The summed E-state index contributed by atoms with van der Waals surface area (Å²) in [6.07, 6.45) is 3.99. The van der Waals surface area contributed by atoms with E-state index in [9.17, 15) is 9.59 Å². The molecule has 4 nitrogen and oxygen atoms in total. The maximum Gasteiger partial charge on any atom is 0.310 e. The summed E-state index contributed by atoms with van der Waals surface area (Å²) < 4.78 is 11.2. The fraction of sp³-hybridized carbons (Fsp3) is 0.417. The Labute approximate surface area is 165 Å². The van der Waals surface area contributed by atoms with Crippen molar-refractivity contribution >= 4 is 11.9 Å². The normalized spacial score (nSPS) is 25.9. The van der Waals surface area contributed by atoms with Crippen LogP contribution in [0.15, 0.2) is 60.7 Å². The monoisotopic (exact) mass is 378 g/mol. The van der Waals surface area contributed by atoms with Gasteiger partial charge in [0.2, 0.25) is 0 Å². The highest BCUT2D eigenvalue weighted by Gasteiger charge is 2.51. The molecule has 5 rings (SSSR count). The van der Waals surface area contributed by atoms with Crippen molar-refractivity contribution in [3.63, 3.8) is 0 Å². The Balaban J connectivity index is 1.43. The lowest BCUT2D eigenvalue weighted by Gasteiger charge is -2.45. The van der Waals surface area contributed by atoms with Crippen LogP contribution in [0.3, 0.4) is 0 Å². The Morgan fingerprint density at radius 2 is 1.00 bits per heavy atom. The first-order valence-corrected chi connectivity index (χ1v) is 10.1.